The first kappa shape index (κ1) is 18.0. The molecule has 0 fully saturated rings. The second-order valence-corrected chi connectivity index (χ2v) is 4.66. The first-order valence-corrected chi connectivity index (χ1v) is 7.62. The van der Waals surface area contributed by atoms with Gasteiger partial charge in [0.25, 0.3) is 5.91 Å². The number of aliphatic imine (C=N–C) groups is 1. The summed E-state index contributed by atoms with van der Waals surface area (Å²) in [5.41, 5.74) is 0.669. The molecule has 0 aliphatic rings. The molecule has 0 aliphatic carbocycles. The first-order valence-electron chi connectivity index (χ1n) is 7.62. The fraction of sp³-hybridized carbons (Fsp3) is 0.500. The van der Waals surface area contributed by atoms with Gasteiger partial charge >= 0.3 is 0 Å². The Morgan fingerprint density at radius 3 is 2.55 bits per heavy atom. The fourth-order valence-electron chi connectivity index (χ4n) is 1.79. The number of hydrogen-bond acceptors (Lipinski definition) is 3. The van der Waals surface area contributed by atoms with Gasteiger partial charge in [0.2, 0.25) is 0 Å². The minimum absolute atomic E-state index is 0.0653. The average molecular weight is 306 g/mol. The Balaban J connectivity index is 2.26. The molecular weight excluding hydrogens is 280 g/mol. The van der Waals surface area contributed by atoms with Crippen LogP contribution in [0, 0.1) is 0 Å². The van der Waals surface area contributed by atoms with Crippen LogP contribution in [0.1, 0.15) is 23.7 Å². The van der Waals surface area contributed by atoms with Gasteiger partial charge in [-0.2, -0.15) is 0 Å². The Kier molecular flexibility index (Phi) is 9.45. The molecule has 1 aromatic rings. The molecule has 0 heterocycles. The highest BCUT2D eigenvalue weighted by Gasteiger charge is 2.03. The van der Waals surface area contributed by atoms with Crippen LogP contribution in [0.2, 0.25) is 0 Å². The molecule has 3 N–H and O–H groups in total. The lowest BCUT2D eigenvalue weighted by Gasteiger charge is -2.11. The molecule has 0 saturated heterocycles. The van der Waals surface area contributed by atoms with E-state index in [0.717, 1.165) is 18.9 Å². The summed E-state index contributed by atoms with van der Waals surface area (Å²) >= 11 is 0. The van der Waals surface area contributed by atoms with Crippen LogP contribution in [0.25, 0.3) is 0 Å². The number of methoxy groups -OCH3 is 1. The van der Waals surface area contributed by atoms with Crippen molar-refractivity contribution in [2.24, 2.45) is 4.99 Å². The van der Waals surface area contributed by atoms with E-state index < -0.39 is 0 Å². The van der Waals surface area contributed by atoms with E-state index in [9.17, 15) is 4.79 Å². The number of carbonyl (C=O) groups excluding carboxylic acids is 1. The Bertz CT molecular complexity index is 449. The molecule has 0 radical (unpaired) electrons. The van der Waals surface area contributed by atoms with Gasteiger partial charge in [-0.05, 0) is 25.5 Å². The zero-order valence-corrected chi connectivity index (χ0v) is 13.4. The van der Waals surface area contributed by atoms with E-state index in [1.54, 1.807) is 19.2 Å². The summed E-state index contributed by atoms with van der Waals surface area (Å²) in [4.78, 5) is 16.3. The van der Waals surface area contributed by atoms with E-state index in [4.69, 9.17) is 4.74 Å². The number of guanidine groups is 1. The highest BCUT2D eigenvalue weighted by atomic mass is 16.5. The summed E-state index contributed by atoms with van der Waals surface area (Å²) in [5, 5.41) is 9.22. The zero-order chi connectivity index (χ0) is 16.0. The summed E-state index contributed by atoms with van der Waals surface area (Å²) in [6.45, 7) is 5.39. The third kappa shape index (κ3) is 7.64. The predicted octanol–water partition coefficient (Wildman–Crippen LogP) is 1.01. The van der Waals surface area contributed by atoms with Gasteiger partial charge < -0.3 is 20.7 Å². The van der Waals surface area contributed by atoms with Crippen molar-refractivity contribution in [1.29, 1.82) is 0 Å². The minimum atomic E-state index is -0.0653. The summed E-state index contributed by atoms with van der Waals surface area (Å²) in [7, 11) is 1.68. The van der Waals surface area contributed by atoms with Crippen molar-refractivity contribution in [3.8, 4) is 0 Å². The summed E-state index contributed by atoms with van der Waals surface area (Å²) in [6, 6.07) is 9.18. The summed E-state index contributed by atoms with van der Waals surface area (Å²) < 4.78 is 4.99. The van der Waals surface area contributed by atoms with Crippen LogP contribution < -0.4 is 16.0 Å². The molecule has 22 heavy (non-hydrogen) atoms. The Labute approximate surface area is 132 Å². The smallest absolute Gasteiger partial charge is 0.251 e. The van der Waals surface area contributed by atoms with Gasteiger partial charge in [-0.1, -0.05) is 18.2 Å². The molecule has 0 bridgehead atoms. The van der Waals surface area contributed by atoms with Gasteiger partial charge in [-0.25, -0.2) is 0 Å². The van der Waals surface area contributed by atoms with Crippen molar-refractivity contribution in [1.82, 2.24) is 16.0 Å². The molecule has 122 valence electrons. The molecule has 0 atom stereocenters. The van der Waals surface area contributed by atoms with Crippen molar-refractivity contribution in [2.45, 2.75) is 13.3 Å². The van der Waals surface area contributed by atoms with Crippen LogP contribution in [-0.4, -0.2) is 51.8 Å². The van der Waals surface area contributed by atoms with Gasteiger partial charge in [-0.3, -0.25) is 9.79 Å². The van der Waals surface area contributed by atoms with Crippen LogP contribution in [0.3, 0.4) is 0 Å². The maximum atomic E-state index is 11.9. The second-order valence-electron chi connectivity index (χ2n) is 4.66. The molecule has 6 nitrogen and oxygen atoms in total. The van der Waals surface area contributed by atoms with Gasteiger partial charge in [-0.15, -0.1) is 0 Å². The molecule has 0 spiro atoms. The fourth-order valence-corrected chi connectivity index (χ4v) is 1.79. The van der Waals surface area contributed by atoms with E-state index >= 15 is 0 Å². The van der Waals surface area contributed by atoms with Crippen LogP contribution >= 0.6 is 0 Å². The predicted molar refractivity (Wildman–Crippen MR) is 89.2 cm³/mol. The van der Waals surface area contributed by atoms with Crippen molar-refractivity contribution in [3.05, 3.63) is 35.9 Å². The molecule has 0 aromatic heterocycles. The Morgan fingerprint density at radius 1 is 1.14 bits per heavy atom. The summed E-state index contributed by atoms with van der Waals surface area (Å²) in [5.74, 6) is 0.692. The zero-order valence-electron chi connectivity index (χ0n) is 13.4. The Morgan fingerprint density at radius 2 is 1.86 bits per heavy atom. The lowest BCUT2D eigenvalue weighted by molar-refractivity contribution is 0.0954. The molecule has 0 aliphatic heterocycles. The second kappa shape index (κ2) is 11.6. The minimum Gasteiger partial charge on any atom is -0.385 e. The number of carbonyl (C=O) groups is 1. The number of rotatable bonds is 9. The van der Waals surface area contributed by atoms with Gasteiger partial charge in [0.1, 0.15) is 0 Å². The van der Waals surface area contributed by atoms with E-state index in [1.807, 2.05) is 25.1 Å². The molecular formula is C16H26N4O2. The maximum absolute atomic E-state index is 11.9. The van der Waals surface area contributed by atoms with Gasteiger partial charge in [0.05, 0.1) is 0 Å². The maximum Gasteiger partial charge on any atom is 0.251 e. The van der Waals surface area contributed by atoms with Gasteiger partial charge in [0.15, 0.2) is 5.96 Å². The first-order chi connectivity index (χ1) is 10.8. The van der Waals surface area contributed by atoms with Crippen molar-refractivity contribution < 1.29 is 9.53 Å². The normalized spacial score (nSPS) is 11.1. The molecule has 1 rings (SSSR count). The largest absolute Gasteiger partial charge is 0.385 e. The SMILES string of the molecule is CCNC(=NCCCOC)NCCNC(=O)c1ccccc1. The van der Waals surface area contributed by atoms with Crippen LogP contribution in [0.5, 0.6) is 0 Å². The van der Waals surface area contributed by atoms with E-state index in [1.165, 1.54) is 0 Å². The standard InChI is InChI=1S/C16H26N4O2/c1-3-17-16(19-10-7-13-22-2)20-12-11-18-15(21)14-8-5-4-6-9-14/h4-6,8-9H,3,7,10-13H2,1-2H3,(H,18,21)(H2,17,19,20). The highest BCUT2D eigenvalue weighted by Crippen LogP contribution is 1.96. The molecule has 6 heteroatoms. The van der Waals surface area contributed by atoms with Crippen LogP contribution in [0.4, 0.5) is 0 Å². The van der Waals surface area contributed by atoms with E-state index in [0.29, 0.717) is 31.8 Å². The number of nitrogens with one attached hydrogen (secondary N) is 3. The van der Waals surface area contributed by atoms with Crippen molar-refractivity contribution in [3.63, 3.8) is 0 Å². The molecule has 1 amide bonds. The van der Waals surface area contributed by atoms with Crippen molar-refractivity contribution >= 4 is 11.9 Å². The van der Waals surface area contributed by atoms with Crippen molar-refractivity contribution in [2.75, 3.05) is 39.9 Å². The summed E-state index contributed by atoms with van der Waals surface area (Å²) in [6.07, 6.45) is 0.887. The third-order valence-electron chi connectivity index (χ3n) is 2.86. The average Bonchev–Trinajstić information content (AvgIpc) is 2.56. The Hall–Kier alpha value is -2.08. The van der Waals surface area contributed by atoms with Crippen LogP contribution in [0.15, 0.2) is 35.3 Å². The topological polar surface area (TPSA) is 74.8 Å². The quantitative estimate of drug-likeness (QED) is 0.362. The number of ether oxygens (including phenoxy) is 1. The van der Waals surface area contributed by atoms with E-state index in [2.05, 4.69) is 20.9 Å². The highest BCUT2D eigenvalue weighted by molar-refractivity contribution is 5.94. The van der Waals surface area contributed by atoms with E-state index in [-0.39, 0.29) is 5.91 Å². The number of hydrogen-bond donors (Lipinski definition) is 3. The third-order valence-corrected chi connectivity index (χ3v) is 2.86. The number of benzene rings is 1. The molecule has 0 unspecified atom stereocenters. The molecule has 1 aromatic carbocycles. The van der Waals surface area contributed by atoms with Gasteiger partial charge in [0, 0.05) is 45.5 Å². The lowest BCUT2D eigenvalue weighted by atomic mass is 10.2. The number of nitrogens with zero attached hydrogens (tertiary/aromatic N) is 1. The monoisotopic (exact) mass is 306 g/mol. The molecule has 0 saturated carbocycles. The lowest BCUT2D eigenvalue weighted by Crippen LogP contribution is -2.41. The number of amides is 1. The van der Waals surface area contributed by atoms with Crippen LogP contribution in [-0.2, 0) is 4.74 Å².